The molecule has 0 saturated carbocycles. The summed E-state index contributed by atoms with van der Waals surface area (Å²) in [6, 6.07) is 6.22. The minimum absolute atomic E-state index is 0.00659. The number of piperidine rings is 1. The smallest absolute Gasteiger partial charge is 0.257 e. The fraction of sp³-hybridized carbons (Fsp3) is 0.476. The fourth-order valence-electron chi connectivity index (χ4n) is 4.01. The number of amides is 1. The van der Waals surface area contributed by atoms with Crippen LogP contribution >= 0.6 is 0 Å². The van der Waals surface area contributed by atoms with E-state index in [0.29, 0.717) is 5.56 Å². The minimum atomic E-state index is -0.00659. The van der Waals surface area contributed by atoms with Crippen molar-refractivity contribution in [1.82, 2.24) is 24.6 Å². The lowest BCUT2D eigenvalue weighted by Gasteiger charge is -2.34. The lowest BCUT2D eigenvalue weighted by molar-refractivity contribution is 0.0600. The third-order valence-corrected chi connectivity index (χ3v) is 5.50. The number of imidazole rings is 1. The molecule has 1 N–H and O–H groups in total. The highest BCUT2D eigenvalue weighted by molar-refractivity contribution is 5.95. The predicted octanol–water partition coefficient (Wildman–Crippen LogP) is 4.15. The Morgan fingerprint density at radius 3 is 2.96 bits per heavy atom. The van der Waals surface area contributed by atoms with E-state index in [1.165, 1.54) is 5.56 Å². The zero-order chi connectivity index (χ0) is 19.0. The van der Waals surface area contributed by atoms with Crippen molar-refractivity contribution in [3.05, 3.63) is 47.0 Å². The molecule has 1 amide bonds. The maximum atomic E-state index is 13.3. The van der Waals surface area contributed by atoms with Gasteiger partial charge in [-0.2, -0.15) is 5.10 Å². The quantitative estimate of drug-likeness (QED) is 0.755. The summed E-state index contributed by atoms with van der Waals surface area (Å²) >= 11 is 0. The number of aromatic amines is 1. The SMILES string of the molecule is CCCn1ncc(C(=O)N2CCCC[C@@H]2c2nc3ccc(C)cc3[nH]2)c1C. The van der Waals surface area contributed by atoms with Crippen molar-refractivity contribution in [3.8, 4) is 0 Å². The highest BCUT2D eigenvalue weighted by Crippen LogP contribution is 2.32. The number of hydrogen-bond donors (Lipinski definition) is 1. The average molecular weight is 365 g/mol. The number of rotatable bonds is 4. The van der Waals surface area contributed by atoms with Crippen LogP contribution in [0.1, 0.15) is 66.1 Å². The highest BCUT2D eigenvalue weighted by Gasteiger charge is 2.32. The van der Waals surface area contributed by atoms with E-state index in [9.17, 15) is 4.79 Å². The van der Waals surface area contributed by atoms with Crippen LogP contribution in [0.25, 0.3) is 11.0 Å². The molecule has 0 aliphatic carbocycles. The molecule has 1 fully saturated rings. The van der Waals surface area contributed by atoms with Crippen LogP contribution in [0.3, 0.4) is 0 Å². The molecule has 27 heavy (non-hydrogen) atoms. The molecular weight excluding hydrogens is 338 g/mol. The molecule has 1 atom stereocenters. The zero-order valence-electron chi connectivity index (χ0n) is 16.3. The highest BCUT2D eigenvalue weighted by atomic mass is 16.2. The standard InChI is InChI=1S/C21H27N5O/c1-4-10-26-15(3)16(13-22-26)21(27)25-11-6-5-7-19(25)20-23-17-9-8-14(2)12-18(17)24-20/h8-9,12-13,19H,4-7,10-11H2,1-3H3,(H,23,24)/t19-/m1/s1. The number of benzene rings is 1. The third-order valence-electron chi connectivity index (χ3n) is 5.50. The topological polar surface area (TPSA) is 66.8 Å². The van der Waals surface area contributed by atoms with Crippen molar-refractivity contribution in [3.63, 3.8) is 0 Å². The van der Waals surface area contributed by atoms with Gasteiger partial charge in [-0.05, 0) is 57.2 Å². The molecule has 0 radical (unpaired) electrons. The van der Waals surface area contributed by atoms with Gasteiger partial charge in [-0.1, -0.05) is 13.0 Å². The molecule has 3 heterocycles. The summed E-state index contributed by atoms with van der Waals surface area (Å²) in [6.07, 6.45) is 5.80. The second-order valence-corrected chi connectivity index (χ2v) is 7.52. The van der Waals surface area contributed by atoms with Gasteiger partial charge in [0.15, 0.2) is 0 Å². The molecule has 0 unspecified atom stereocenters. The van der Waals surface area contributed by atoms with E-state index in [2.05, 4.69) is 36.1 Å². The summed E-state index contributed by atoms with van der Waals surface area (Å²) in [5.74, 6) is 0.957. The summed E-state index contributed by atoms with van der Waals surface area (Å²) in [5, 5.41) is 4.41. The van der Waals surface area contributed by atoms with Crippen LogP contribution in [-0.4, -0.2) is 37.1 Å². The van der Waals surface area contributed by atoms with Crippen molar-refractivity contribution in [1.29, 1.82) is 0 Å². The number of carbonyl (C=O) groups excluding carboxylic acids is 1. The van der Waals surface area contributed by atoms with Gasteiger partial charge in [-0.25, -0.2) is 4.98 Å². The number of fused-ring (bicyclic) bond motifs is 1. The summed E-state index contributed by atoms with van der Waals surface area (Å²) in [6.45, 7) is 7.78. The molecule has 6 nitrogen and oxygen atoms in total. The predicted molar refractivity (Wildman–Crippen MR) is 106 cm³/mol. The molecule has 1 saturated heterocycles. The van der Waals surface area contributed by atoms with E-state index >= 15 is 0 Å². The van der Waals surface area contributed by atoms with Gasteiger partial charge in [0.05, 0.1) is 28.8 Å². The van der Waals surface area contributed by atoms with Gasteiger partial charge in [-0.3, -0.25) is 9.48 Å². The number of nitrogens with one attached hydrogen (secondary N) is 1. The molecule has 0 spiro atoms. The first-order chi connectivity index (χ1) is 13.1. The summed E-state index contributed by atoms with van der Waals surface area (Å²) < 4.78 is 1.93. The Hall–Kier alpha value is -2.63. The van der Waals surface area contributed by atoms with E-state index in [4.69, 9.17) is 4.98 Å². The maximum Gasteiger partial charge on any atom is 0.257 e. The molecule has 1 aromatic carbocycles. The molecule has 1 aliphatic heterocycles. The van der Waals surface area contributed by atoms with Crippen LogP contribution in [0.5, 0.6) is 0 Å². The van der Waals surface area contributed by atoms with Gasteiger partial charge in [0, 0.05) is 18.8 Å². The lowest BCUT2D eigenvalue weighted by Crippen LogP contribution is -2.39. The van der Waals surface area contributed by atoms with E-state index in [1.54, 1.807) is 6.20 Å². The van der Waals surface area contributed by atoms with Gasteiger partial charge < -0.3 is 9.88 Å². The van der Waals surface area contributed by atoms with Crippen LogP contribution < -0.4 is 0 Å². The van der Waals surface area contributed by atoms with Crippen molar-refractivity contribution < 1.29 is 4.79 Å². The molecular formula is C21H27N5O. The Balaban J connectivity index is 1.66. The van der Waals surface area contributed by atoms with Crippen LogP contribution in [-0.2, 0) is 6.54 Å². The first-order valence-corrected chi connectivity index (χ1v) is 9.88. The molecule has 3 aromatic rings. The number of likely N-dealkylation sites (tertiary alicyclic amines) is 1. The van der Waals surface area contributed by atoms with Crippen LogP contribution in [0.4, 0.5) is 0 Å². The van der Waals surface area contributed by atoms with E-state index in [1.807, 2.05) is 22.6 Å². The van der Waals surface area contributed by atoms with Gasteiger partial charge >= 0.3 is 0 Å². The fourth-order valence-corrected chi connectivity index (χ4v) is 4.01. The van der Waals surface area contributed by atoms with Gasteiger partial charge in [-0.15, -0.1) is 0 Å². The van der Waals surface area contributed by atoms with Gasteiger partial charge in [0.1, 0.15) is 5.82 Å². The second-order valence-electron chi connectivity index (χ2n) is 7.52. The number of aromatic nitrogens is 4. The minimum Gasteiger partial charge on any atom is -0.340 e. The van der Waals surface area contributed by atoms with E-state index in [0.717, 1.165) is 61.3 Å². The van der Waals surface area contributed by atoms with Crippen molar-refractivity contribution in [2.24, 2.45) is 0 Å². The molecule has 0 bridgehead atoms. The number of nitrogens with zero attached hydrogens (tertiary/aromatic N) is 4. The third kappa shape index (κ3) is 3.24. The summed E-state index contributed by atoms with van der Waals surface area (Å²) in [4.78, 5) is 23.5. The van der Waals surface area contributed by atoms with Crippen LogP contribution in [0.15, 0.2) is 24.4 Å². The first-order valence-electron chi connectivity index (χ1n) is 9.88. The first kappa shape index (κ1) is 17.8. The zero-order valence-corrected chi connectivity index (χ0v) is 16.3. The van der Waals surface area contributed by atoms with E-state index in [-0.39, 0.29) is 11.9 Å². The molecule has 1 aliphatic rings. The van der Waals surface area contributed by atoms with E-state index < -0.39 is 0 Å². The van der Waals surface area contributed by atoms with Crippen molar-refractivity contribution >= 4 is 16.9 Å². The molecule has 4 rings (SSSR count). The number of hydrogen-bond acceptors (Lipinski definition) is 3. The van der Waals surface area contributed by atoms with Crippen molar-refractivity contribution in [2.75, 3.05) is 6.54 Å². The van der Waals surface area contributed by atoms with Crippen LogP contribution in [0.2, 0.25) is 0 Å². The molecule has 2 aromatic heterocycles. The average Bonchev–Trinajstić information content (AvgIpc) is 3.25. The molecule has 142 valence electrons. The normalized spacial score (nSPS) is 17.6. The summed E-state index contributed by atoms with van der Waals surface area (Å²) in [7, 11) is 0. The lowest BCUT2D eigenvalue weighted by atomic mass is 10.0. The second kappa shape index (κ2) is 7.18. The Labute approximate surface area is 159 Å². The Kier molecular flexibility index (Phi) is 4.72. The number of H-pyrrole nitrogens is 1. The Morgan fingerprint density at radius 2 is 2.15 bits per heavy atom. The van der Waals surface area contributed by atoms with Crippen LogP contribution in [0, 0.1) is 13.8 Å². The summed E-state index contributed by atoms with van der Waals surface area (Å²) in [5.41, 5.74) is 4.86. The maximum absolute atomic E-state index is 13.3. The van der Waals surface area contributed by atoms with Crippen molar-refractivity contribution in [2.45, 2.75) is 59.0 Å². The van der Waals surface area contributed by atoms with Gasteiger partial charge in [0.25, 0.3) is 5.91 Å². The number of carbonyl (C=O) groups is 1. The largest absolute Gasteiger partial charge is 0.340 e. The Morgan fingerprint density at radius 1 is 1.30 bits per heavy atom. The monoisotopic (exact) mass is 365 g/mol. The number of aryl methyl sites for hydroxylation is 2. The Bertz CT molecular complexity index is 970. The molecule has 6 heteroatoms. The van der Waals surface area contributed by atoms with Gasteiger partial charge in [0.2, 0.25) is 0 Å².